The van der Waals surface area contributed by atoms with Crippen molar-refractivity contribution < 1.29 is 0 Å². The smallest absolute Gasteiger partial charge is 0.165 e. The van der Waals surface area contributed by atoms with Crippen LogP contribution in [0.4, 0.5) is 0 Å². The highest BCUT2D eigenvalue weighted by atomic mass is 15.2. The summed E-state index contributed by atoms with van der Waals surface area (Å²) in [6, 6.07) is 5.79. The van der Waals surface area contributed by atoms with E-state index in [-0.39, 0.29) is 0 Å². The van der Waals surface area contributed by atoms with Gasteiger partial charge >= 0.3 is 0 Å². The predicted molar refractivity (Wildman–Crippen MR) is 63.8 cm³/mol. The number of nitrogens with zero attached hydrogens (tertiary/aromatic N) is 6. The van der Waals surface area contributed by atoms with E-state index in [4.69, 9.17) is 0 Å². The lowest BCUT2D eigenvalue weighted by Crippen LogP contribution is -1.96. The molecule has 0 bridgehead atoms. The Labute approximate surface area is 102 Å². The SMILES string of the molecule is [c]1cnc(-c2cccc3nncn23)c2nccn12. The first-order chi connectivity index (χ1) is 8.93. The third kappa shape index (κ3) is 1.17. The third-order valence-corrected chi connectivity index (χ3v) is 2.82. The molecule has 6 nitrogen and oxygen atoms in total. The summed E-state index contributed by atoms with van der Waals surface area (Å²) in [5, 5.41) is 7.93. The Morgan fingerprint density at radius 3 is 3.17 bits per heavy atom. The maximum Gasteiger partial charge on any atom is 0.165 e. The van der Waals surface area contributed by atoms with Gasteiger partial charge in [0.05, 0.1) is 18.1 Å². The number of imidazole rings is 1. The van der Waals surface area contributed by atoms with E-state index in [2.05, 4.69) is 26.4 Å². The molecule has 0 aliphatic carbocycles. The summed E-state index contributed by atoms with van der Waals surface area (Å²) in [5.74, 6) is 0. The van der Waals surface area contributed by atoms with Crippen molar-refractivity contribution in [1.29, 1.82) is 0 Å². The van der Waals surface area contributed by atoms with Gasteiger partial charge in [0, 0.05) is 12.4 Å². The number of rotatable bonds is 1. The van der Waals surface area contributed by atoms with E-state index in [1.54, 1.807) is 18.7 Å². The molecule has 0 aromatic carbocycles. The molecule has 4 heterocycles. The molecule has 4 aromatic heterocycles. The van der Waals surface area contributed by atoms with Crippen LogP contribution in [0.5, 0.6) is 0 Å². The Balaban J connectivity index is 2.13. The number of fused-ring (bicyclic) bond motifs is 2. The van der Waals surface area contributed by atoms with Crippen LogP contribution in [0.1, 0.15) is 0 Å². The molecule has 85 valence electrons. The molecule has 0 unspecified atom stereocenters. The maximum atomic E-state index is 4.36. The standard InChI is InChI=1S/C12H7N6/c1-2-9(18-8-15-16-10(18)3-1)11-12-14-5-7-17(12)6-4-13-11/h1-5,7-8H. The van der Waals surface area contributed by atoms with Crippen LogP contribution in [0.3, 0.4) is 0 Å². The minimum absolute atomic E-state index is 0.763. The van der Waals surface area contributed by atoms with E-state index in [9.17, 15) is 0 Å². The van der Waals surface area contributed by atoms with Crippen LogP contribution in [0, 0.1) is 6.20 Å². The zero-order valence-electron chi connectivity index (χ0n) is 9.22. The summed E-state index contributed by atoms with van der Waals surface area (Å²) in [6.07, 6.45) is 9.85. The minimum Gasteiger partial charge on any atom is -0.295 e. The molecule has 4 aromatic rings. The van der Waals surface area contributed by atoms with Crippen molar-refractivity contribution in [1.82, 2.24) is 29.0 Å². The third-order valence-electron chi connectivity index (χ3n) is 2.82. The van der Waals surface area contributed by atoms with Crippen LogP contribution in [-0.4, -0.2) is 29.0 Å². The first kappa shape index (κ1) is 9.29. The van der Waals surface area contributed by atoms with Crippen molar-refractivity contribution in [2.45, 2.75) is 0 Å². The summed E-state index contributed by atoms with van der Waals surface area (Å²) >= 11 is 0. The molecule has 4 rings (SSSR count). The molecule has 0 N–H and O–H groups in total. The molecule has 0 amide bonds. The van der Waals surface area contributed by atoms with Gasteiger partial charge in [0.1, 0.15) is 12.0 Å². The predicted octanol–water partition coefficient (Wildman–Crippen LogP) is 1.24. The van der Waals surface area contributed by atoms with Gasteiger partial charge in [0.15, 0.2) is 11.3 Å². The highest BCUT2D eigenvalue weighted by molar-refractivity contribution is 5.72. The van der Waals surface area contributed by atoms with E-state index in [0.717, 1.165) is 22.7 Å². The Morgan fingerprint density at radius 2 is 2.17 bits per heavy atom. The van der Waals surface area contributed by atoms with Gasteiger partial charge < -0.3 is 0 Å². The lowest BCUT2D eigenvalue weighted by atomic mass is 10.2. The van der Waals surface area contributed by atoms with Gasteiger partial charge in [0.2, 0.25) is 0 Å². The van der Waals surface area contributed by atoms with Crippen molar-refractivity contribution in [3.05, 3.63) is 49.3 Å². The summed E-state index contributed by atoms with van der Waals surface area (Å²) in [7, 11) is 0. The fraction of sp³-hybridized carbons (Fsp3) is 0. The van der Waals surface area contributed by atoms with Gasteiger partial charge in [0.25, 0.3) is 0 Å². The number of pyridine rings is 1. The summed E-state index contributed by atoms with van der Waals surface area (Å²) in [6.45, 7) is 0. The molecule has 1 radical (unpaired) electrons. The zero-order valence-corrected chi connectivity index (χ0v) is 9.22. The van der Waals surface area contributed by atoms with Crippen LogP contribution < -0.4 is 0 Å². The van der Waals surface area contributed by atoms with Crippen LogP contribution in [0.15, 0.2) is 43.1 Å². The normalized spacial score (nSPS) is 11.3. The molecule has 0 aliphatic rings. The molecule has 18 heavy (non-hydrogen) atoms. The molecular formula is C12H7N6. The molecule has 0 saturated carbocycles. The Morgan fingerprint density at radius 1 is 1.17 bits per heavy atom. The van der Waals surface area contributed by atoms with Gasteiger partial charge in [-0.05, 0) is 12.1 Å². The van der Waals surface area contributed by atoms with Crippen LogP contribution in [0.25, 0.3) is 22.7 Å². The monoisotopic (exact) mass is 235 g/mol. The second kappa shape index (κ2) is 3.36. The first-order valence-electron chi connectivity index (χ1n) is 5.42. The van der Waals surface area contributed by atoms with Crippen LogP contribution in [0.2, 0.25) is 0 Å². The van der Waals surface area contributed by atoms with Gasteiger partial charge in [-0.1, -0.05) is 6.07 Å². The van der Waals surface area contributed by atoms with Crippen LogP contribution >= 0.6 is 0 Å². The average molecular weight is 235 g/mol. The van der Waals surface area contributed by atoms with Gasteiger partial charge in [-0.15, -0.1) is 10.2 Å². The lowest BCUT2D eigenvalue weighted by molar-refractivity contribution is 1.08. The Hall–Kier alpha value is -2.76. The van der Waals surface area contributed by atoms with Crippen molar-refractivity contribution in [2.75, 3.05) is 0 Å². The van der Waals surface area contributed by atoms with E-state index in [1.165, 1.54) is 0 Å². The van der Waals surface area contributed by atoms with Gasteiger partial charge in [-0.2, -0.15) is 0 Å². The Bertz CT molecular complexity index is 772. The summed E-state index contributed by atoms with van der Waals surface area (Å²) in [4.78, 5) is 8.67. The van der Waals surface area contributed by atoms with Crippen molar-refractivity contribution in [3.8, 4) is 11.4 Å². The maximum absolute atomic E-state index is 4.36. The quantitative estimate of drug-likeness (QED) is 0.498. The van der Waals surface area contributed by atoms with Gasteiger partial charge in [-0.25, -0.2) is 9.97 Å². The fourth-order valence-corrected chi connectivity index (χ4v) is 2.02. The highest BCUT2D eigenvalue weighted by Gasteiger charge is 2.10. The molecule has 0 fully saturated rings. The molecular weight excluding hydrogens is 228 g/mol. The van der Waals surface area contributed by atoms with Crippen molar-refractivity contribution in [2.24, 2.45) is 0 Å². The summed E-state index contributed by atoms with van der Waals surface area (Å²) in [5.41, 5.74) is 3.23. The second-order valence-electron chi connectivity index (χ2n) is 3.83. The van der Waals surface area contributed by atoms with Gasteiger partial charge in [-0.3, -0.25) is 8.80 Å². The second-order valence-corrected chi connectivity index (χ2v) is 3.83. The number of hydrogen-bond donors (Lipinski definition) is 0. The van der Waals surface area contributed by atoms with E-state index in [1.807, 2.05) is 33.2 Å². The van der Waals surface area contributed by atoms with Crippen molar-refractivity contribution >= 4 is 11.3 Å². The van der Waals surface area contributed by atoms with E-state index >= 15 is 0 Å². The number of hydrogen-bond acceptors (Lipinski definition) is 4. The summed E-state index contributed by atoms with van der Waals surface area (Å²) < 4.78 is 3.70. The molecule has 0 atom stereocenters. The average Bonchev–Trinajstić information content (AvgIpc) is 3.06. The van der Waals surface area contributed by atoms with Crippen LogP contribution in [-0.2, 0) is 0 Å². The largest absolute Gasteiger partial charge is 0.295 e. The highest BCUT2D eigenvalue weighted by Crippen LogP contribution is 2.21. The molecule has 0 spiro atoms. The van der Waals surface area contributed by atoms with E-state index in [0.29, 0.717) is 0 Å². The first-order valence-corrected chi connectivity index (χ1v) is 5.42. The zero-order chi connectivity index (χ0) is 11.9. The van der Waals surface area contributed by atoms with E-state index < -0.39 is 0 Å². The lowest BCUT2D eigenvalue weighted by Gasteiger charge is -2.04. The number of aromatic nitrogens is 6. The van der Waals surface area contributed by atoms with Crippen molar-refractivity contribution in [3.63, 3.8) is 0 Å². The topological polar surface area (TPSA) is 60.4 Å². The Kier molecular flexibility index (Phi) is 1.74. The fourth-order valence-electron chi connectivity index (χ4n) is 2.02. The molecule has 0 aliphatic heterocycles. The molecule has 6 heteroatoms. The minimum atomic E-state index is 0.763. The molecule has 0 saturated heterocycles.